The summed E-state index contributed by atoms with van der Waals surface area (Å²) in [7, 11) is 0. The predicted octanol–water partition coefficient (Wildman–Crippen LogP) is 3.73. The molecule has 0 fully saturated rings. The summed E-state index contributed by atoms with van der Waals surface area (Å²) in [4.78, 5) is 0. The molecule has 2 nitrogen and oxygen atoms in total. The number of hydrogen-bond donors (Lipinski definition) is 1. The highest BCUT2D eigenvalue weighted by Crippen LogP contribution is 2.36. The maximum atomic E-state index is 13.7. The first-order valence-corrected chi connectivity index (χ1v) is 7.55. The second kappa shape index (κ2) is 6.47. The van der Waals surface area contributed by atoms with Gasteiger partial charge in [-0.25, -0.2) is 13.2 Å². The van der Waals surface area contributed by atoms with Crippen molar-refractivity contribution >= 4 is 27.3 Å². The Bertz CT molecular complexity index is 443. The second-order valence-electron chi connectivity index (χ2n) is 4.87. The molecule has 0 saturated carbocycles. The van der Waals surface area contributed by atoms with E-state index >= 15 is 0 Å². The summed E-state index contributed by atoms with van der Waals surface area (Å²) in [5, 5.41) is 5.29. The lowest BCUT2D eigenvalue weighted by Gasteiger charge is -2.29. The second-order valence-corrected chi connectivity index (χ2v) is 7.48. The summed E-state index contributed by atoms with van der Waals surface area (Å²) in [6.07, 6.45) is -2.92. The van der Waals surface area contributed by atoms with Crippen molar-refractivity contribution in [3.63, 3.8) is 0 Å². The summed E-state index contributed by atoms with van der Waals surface area (Å²) in [6.45, 7) is 3.04. The van der Waals surface area contributed by atoms with Crippen LogP contribution in [-0.2, 0) is 11.4 Å². The largest absolute Gasteiger partial charge is 0.598 e. The zero-order chi connectivity index (χ0) is 14.8. The van der Waals surface area contributed by atoms with Gasteiger partial charge >= 0.3 is 0 Å². The zero-order valence-electron chi connectivity index (χ0n) is 10.5. The highest BCUT2D eigenvalue weighted by molar-refractivity contribution is 9.10. The Morgan fingerprint density at radius 2 is 2.00 bits per heavy atom. The number of hydrogen-bond acceptors (Lipinski definition) is 2. The Morgan fingerprint density at radius 3 is 2.47 bits per heavy atom. The Morgan fingerprint density at radius 1 is 1.42 bits per heavy atom. The molecule has 0 aromatic heterocycles. The number of alkyl halides is 2. The third kappa shape index (κ3) is 4.37. The average molecular weight is 358 g/mol. The predicted molar refractivity (Wildman–Crippen MR) is 73.9 cm³/mol. The van der Waals surface area contributed by atoms with Crippen molar-refractivity contribution < 1.29 is 17.7 Å². The van der Waals surface area contributed by atoms with Crippen LogP contribution in [0, 0.1) is 5.82 Å². The van der Waals surface area contributed by atoms with E-state index in [-0.39, 0.29) is 12.0 Å². The molecule has 1 aromatic rings. The Hall–Kier alpha value is -0.240. The van der Waals surface area contributed by atoms with E-state index in [0.717, 1.165) is 6.07 Å². The molecule has 108 valence electrons. The lowest BCUT2D eigenvalue weighted by atomic mass is 9.90. The zero-order valence-corrected chi connectivity index (χ0v) is 12.9. The molecule has 19 heavy (non-hydrogen) atoms. The molecule has 0 aliphatic rings. The van der Waals surface area contributed by atoms with Gasteiger partial charge in [-0.15, -0.1) is 0 Å². The molecular formula is C12H15BrF3NOS. The molecule has 0 aliphatic carbocycles. The normalized spacial score (nSPS) is 15.6. The fourth-order valence-electron chi connectivity index (χ4n) is 1.75. The molecule has 0 amide bonds. The first-order valence-electron chi connectivity index (χ1n) is 5.54. The van der Waals surface area contributed by atoms with Gasteiger partial charge in [-0.2, -0.15) is 5.14 Å². The molecule has 0 heterocycles. The van der Waals surface area contributed by atoms with Crippen LogP contribution in [0.1, 0.15) is 31.7 Å². The molecule has 2 N–H and O–H groups in total. The molecule has 1 aromatic carbocycles. The van der Waals surface area contributed by atoms with Gasteiger partial charge in [-0.05, 0) is 37.6 Å². The number of halogens is 4. The minimum Gasteiger partial charge on any atom is -0.598 e. The van der Waals surface area contributed by atoms with E-state index in [9.17, 15) is 17.7 Å². The smallest absolute Gasteiger partial charge is 0.245 e. The minimum absolute atomic E-state index is 0.0945. The van der Waals surface area contributed by atoms with E-state index in [4.69, 9.17) is 5.14 Å². The van der Waals surface area contributed by atoms with Crippen LogP contribution in [0.2, 0.25) is 0 Å². The van der Waals surface area contributed by atoms with Crippen molar-refractivity contribution in [2.24, 2.45) is 5.14 Å². The monoisotopic (exact) mass is 357 g/mol. The van der Waals surface area contributed by atoms with Gasteiger partial charge in [0.15, 0.2) is 0 Å². The Labute approximate surface area is 122 Å². The van der Waals surface area contributed by atoms with Gasteiger partial charge in [-0.1, -0.05) is 15.9 Å². The Balaban J connectivity index is 3.11. The quantitative estimate of drug-likeness (QED) is 0.816. The molecule has 0 spiro atoms. The van der Waals surface area contributed by atoms with Crippen molar-refractivity contribution in [3.8, 4) is 0 Å². The summed E-state index contributed by atoms with van der Waals surface area (Å²) < 4.78 is 50.9. The summed E-state index contributed by atoms with van der Waals surface area (Å²) in [5.74, 6) is -2.05. The van der Waals surface area contributed by atoms with E-state index in [2.05, 4.69) is 15.9 Å². The number of benzene rings is 1. The van der Waals surface area contributed by atoms with Gasteiger partial charge in [0.1, 0.15) is 10.6 Å². The Kier molecular flexibility index (Phi) is 5.73. The molecule has 0 aliphatic heterocycles. The van der Waals surface area contributed by atoms with Gasteiger partial charge in [0.25, 0.3) is 0 Å². The summed E-state index contributed by atoms with van der Waals surface area (Å²) in [6, 6.07) is 3.89. The van der Waals surface area contributed by atoms with Gasteiger partial charge in [0.2, 0.25) is 6.43 Å². The average Bonchev–Trinajstić information content (AvgIpc) is 2.29. The summed E-state index contributed by atoms with van der Waals surface area (Å²) >= 11 is 1.36. The lowest BCUT2D eigenvalue weighted by Crippen LogP contribution is -2.40. The first kappa shape index (κ1) is 16.8. The van der Waals surface area contributed by atoms with Crippen LogP contribution in [0.4, 0.5) is 13.2 Å². The molecule has 2 atom stereocenters. The van der Waals surface area contributed by atoms with Gasteiger partial charge < -0.3 is 4.55 Å². The van der Waals surface area contributed by atoms with E-state index in [0.29, 0.717) is 4.47 Å². The fraction of sp³-hybridized carbons (Fsp3) is 0.500. The van der Waals surface area contributed by atoms with Crippen molar-refractivity contribution in [3.05, 3.63) is 34.1 Å². The van der Waals surface area contributed by atoms with E-state index in [1.54, 1.807) is 0 Å². The van der Waals surface area contributed by atoms with Crippen LogP contribution in [0.25, 0.3) is 0 Å². The SMILES string of the molecule is CC(C)(C[C@H](c1cc(Br)ccc1F)C(F)F)[S+](N)[O-]. The maximum Gasteiger partial charge on any atom is 0.245 e. The van der Waals surface area contributed by atoms with Crippen molar-refractivity contribution in [2.75, 3.05) is 0 Å². The molecular weight excluding hydrogens is 343 g/mol. The third-order valence-corrected chi connectivity index (χ3v) is 4.67. The van der Waals surface area contributed by atoms with Gasteiger partial charge in [-0.3, -0.25) is 0 Å². The molecule has 0 bridgehead atoms. The van der Waals surface area contributed by atoms with Crippen molar-refractivity contribution in [1.29, 1.82) is 0 Å². The first-order chi connectivity index (χ1) is 8.65. The number of rotatable bonds is 5. The van der Waals surface area contributed by atoms with Crippen LogP contribution < -0.4 is 5.14 Å². The topological polar surface area (TPSA) is 49.1 Å². The van der Waals surface area contributed by atoms with E-state index in [1.165, 1.54) is 26.0 Å². The highest BCUT2D eigenvalue weighted by Gasteiger charge is 2.38. The summed E-state index contributed by atoms with van der Waals surface area (Å²) in [5.41, 5.74) is -0.0945. The van der Waals surface area contributed by atoms with Gasteiger partial charge in [0, 0.05) is 22.3 Å². The lowest BCUT2D eigenvalue weighted by molar-refractivity contribution is 0.104. The van der Waals surface area contributed by atoms with Crippen LogP contribution in [0.3, 0.4) is 0 Å². The van der Waals surface area contributed by atoms with Crippen LogP contribution >= 0.6 is 15.9 Å². The molecule has 7 heteroatoms. The van der Waals surface area contributed by atoms with Crippen molar-refractivity contribution in [2.45, 2.75) is 37.4 Å². The van der Waals surface area contributed by atoms with Crippen LogP contribution in [-0.4, -0.2) is 15.7 Å². The standard InChI is InChI=1S/C12H15BrF3NOS/c1-12(2,19(17)18)6-9(11(15)16)8-5-7(13)3-4-10(8)14/h3-5,9,11H,6,17H2,1-2H3/t9-,19?/m1/s1. The molecule has 1 rings (SSSR count). The highest BCUT2D eigenvalue weighted by atomic mass is 79.9. The van der Waals surface area contributed by atoms with Crippen LogP contribution in [0.15, 0.2) is 22.7 Å². The fourth-order valence-corrected chi connectivity index (χ4v) is 2.47. The minimum atomic E-state index is -2.76. The third-order valence-electron chi connectivity index (χ3n) is 2.92. The van der Waals surface area contributed by atoms with Crippen LogP contribution in [0.5, 0.6) is 0 Å². The molecule has 1 unspecified atom stereocenters. The van der Waals surface area contributed by atoms with E-state index in [1.807, 2.05) is 0 Å². The number of nitrogens with two attached hydrogens (primary N) is 1. The van der Waals surface area contributed by atoms with E-state index < -0.39 is 34.3 Å². The van der Waals surface area contributed by atoms with Gasteiger partial charge in [0.05, 0.1) is 5.92 Å². The maximum absolute atomic E-state index is 13.7. The molecule has 0 radical (unpaired) electrons. The van der Waals surface area contributed by atoms with Crippen molar-refractivity contribution in [1.82, 2.24) is 0 Å². The molecule has 0 saturated heterocycles.